The minimum absolute atomic E-state index is 0.0370. The molecule has 1 heterocycles. The third kappa shape index (κ3) is 7.69. The number of hydrogen-bond donors (Lipinski definition) is 0. The van der Waals surface area contributed by atoms with Gasteiger partial charge in [-0.2, -0.15) is 0 Å². The summed E-state index contributed by atoms with van der Waals surface area (Å²) in [7, 11) is 0. The SMILES string of the molecule is CC(=O)OCC1O[C@@H](OCCCl)[C@H](OC(C)=O)[C@@H](OC(C)=O)[C@@H]1OC(C)=O. The van der Waals surface area contributed by atoms with Crippen LogP contribution < -0.4 is 0 Å². The van der Waals surface area contributed by atoms with Gasteiger partial charge in [-0.15, -0.1) is 11.6 Å². The predicted molar refractivity (Wildman–Crippen MR) is 88.6 cm³/mol. The first-order valence-electron chi connectivity index (χ1n) is 8.13. The van der Waals surface area contributed by atoms with Gasteiger partial charge in [0.25, 0.3) is 0 Å². The van der Waals surface area contributed by atoms with Gasteiger partial charge in [-0.25, -0.2) is 0 Å². The Bertz CT molecular complexity index is 551. The van der Waals surface area contributed by atoms with Gasteiger partial charge in [0.2, 0.25) is 0 Å². The van der Waals surface area contributed by atoms with E-state index in [0.717, 1.165) is 20.8 Å². The van der Waals surface area contributed by atoms with E-state index in [0.29, 0.717) is 0 Å². The zero-order chi connectivity index (χ0) is 20.6. The third-order valence-electron chi connectivity index (χ3n) is 3.31. The molecule has 1 rings (SSSR count). The van der Waals surface area contributed by atoms with Crippen molar-refractivity contribution in [2.45, 2.75) is 58.4 Å². The Balaban J connectivity index is 3.22. The topological polar surface area (TPSA) is 124 Å². The number of alkyl halides is 1. The van der Waals surface area contributed by atoms with E-state index in [1.54, 1.807) is 0 Å². The molecule has 1 saturated heterocycles. The fourth-order valence-electron chi connectivity index (χ4n) is 2.48. The first kappa shape index (κ1) is 23.1. The average Bonchev–Trinajstić information content (AvgIpc) is 2.54. The summed E-state index contributed by atoms with van der Waals surface area (Å²) in [6.07, 6.45) is -5.90. The van der Waals surface area contributed by atoms with Crippen LogP contribution in [0.5, 0.6) is 0 Å². The highest BCUT2D eigenvalue weighted by molar-refractivity contribution is 6.17. The van der Waals surface area contributed by atoms with Gasteiger partial charge < -0.3 is 28.4 Å². The highest BCUT2D eigenvalue weighted by Crippen LogP contribution is 2.29. The van der Waals surface area contributed by atoms with Crippen LogP contribution in [0.15, 0.2) is 0 Å². The molecule has 0 radical (unpaired) electrons. The summed E-state index contributed by atoms with van der Waals surface area (Å²) in [6, 6.07) is 0. The Kier molecular flexibility index (Phi) is 9.47. The Morgan fingerprint density at radius 2 is 1.33 bits per heavy atom. The quantitative estimate of drug-likeness (QED) is 0.314. The van der Waals surface area contributed by atoms with E-state index >= 15 is 0 Å². The average molecular weight is 411 g/mol. The lowest BCUT2D eigenvalue weighted by Gasteiger charge is -2.44. The smallest absolute Gasteiger partial charge is 0.303 e. The number of carbonyl (C=O) groups is 4. The van der Waals surface area contributed by atoms with Crippen molar-refractivity contribution in [1.82, 2.24) is 0 Å². The van der Waals surface area contributed by atoms with Crippen molar-refractivity contribution >= 4 is 35.5 Å². The molecule has 0 bridgehead atoms. The highest BCUT2D eigenvalue weighted by atomic mass is 35.5. The number of carbonyl (C=O) groups excluding carboxylic acids is 4. The molecule has 27 heavy (non-hydrogen) atoms. The molecule has 10 nitrogen and oxygen atoms in total. The van der Waals surface area contributed by atoms with E-state index in [1.165, 1.54) is 6.92 Å². The molecule has 0 aliphatic carbocycles. The summed E-state index contributed by atoms with van der Waals surface area (Å²) in [5.41, 5.74) is 0. The van der Waals surface area contributed by atoms with Crippen LogP contribution in [0.25, 0.3) is 0 Å². The Morgan fingerprint density at radius 1 is 0.815 bits per heavy atom. The summed E-state index contributed by atoms with van der Waals surface area (Å²) < 4.78 is 31.7. The maximum absolute atomic E-state index is 11.6. The minimum Gasteiger partial charge on any atom is -0.463 e. The van der Waals surface area contributed by atoms with Crippen LogP contribution in [0.3, 0.4) is 0 Å². The lowest BCUT2D eigenvalue weighted by atomic mass is 9.98. The van der Waals surface area contributed by atoms with Gasteiger partial charge in [-0.05, 0) is 0 Å². The van der Waals surface area contributed by atoms with Gasteiger partial charge >= 0.3 is 23.9 Å². The monoisotopic (exact) mass is 410 g/mol. The summed E-state index contributed by atoms with van der Waals surface area (Å²) in [4.78, 5) is 45.8. The largest absolute Gasteiger partial charge is 0.463 e. The normalized spacial score (nSPS) is 27.4. The van der Waals surface area contributed by atoms with Crippen molar-refractivity contribution in [2.24, 2.45) is 0 Å². The van der Waals surface area contributed by atoms with Gasteiger partial charge in [-0.1, -0.05) is 0 Å². The first-order chi connectivity index (χ1) is 12.6. The maximum Gasteiger partial charge on any atom is 0.303 e. The number of esters is 4. The summed E-state index contributed by atoms with van der Waals surface area (Å²) in [6.45, 7) is 4.35. The van der Waals surface area contributed by atoms with Crippen molar-refractivity contribution in [3.63, 3.8) is 0 Å². The molecule has 0 amide bonds. The maximum atomic E-state index is 11.6. The molecule has 1 unspecified atom stereocenters. The van der Waals surface area contributed by atoms with Crippen molar-refractivity contribution in [3.8, 4) is 0 Å². The molecular weight excluding hydrogens is 388 g/mol. The van der Waals surface area contributed by atoms with Gasteiger partial charge in [-0.3, -0.25) is 19.2 Å². The second-order valence-electron chi connectivity index (χ2n) is 5.63. The molecular formula is C16H23ClO10. The second-order valence-corrected chi connectivity index (χ2v) is 6.01. The van der Waals surface area contributed by atoms with E-state index in [9.17, 15) is 19.2 Å². The van der Waals surface area contributed by atoms with Gasteiger partial charge in [0.15, 0.2) is 24.6 Å². The van der Waals surface area contributed by atoms with Crippen molar-refractivity contribution < 1.29 is 47.6 Å². The summed E-state index contributed by atoms with van der Waals surface area (Å²) >= 11 is 5.62. The van der Waals surface area contributed by atoms with Crippen LogP contribution in [0.4, 0.5) is 0 Å². The molecule has 11 heteroatoms. The zero-order valence-corrected chi connectivity index (χ0v) is 16.2. The molecule has 0 aromatic heterocycles. The number of hydrogen-bond acceptors (Lipinski definition) is 10. The lowest BCUT2D eigenvalue weighted by molar-refractivity contribution is -0.307. The zero-order valence-electron chi connectivity index (χ0n) is 15.5. The van der Waals surface area contributed by atoms with E-state index in [2.05, 4.69) is 0 Å². The third-order valence-corrected chi connectivity index (χ3v) is 3.46. The van der Waals surface area contributed by atoms with Gasteiger partial charge in [0, 0.05) is 33.6 Å². The standard InChI is InChI=1S/C16H23ClO10/c1-8(18)23-7-12-13(24-9(2)19)14(25-10(3)20)15(26-11(4)21)16(27-12)22-6-5-17/h12-16H,5-7H2,1-4H3/t12?,13-,14+,15-,16-/m1/s1. The Hall–Kier alpha value is -1.91. The number of ether oxygens (including phenoxy) is 6. The molecule has 0 N–H and O–H groups in total. The molecule has 0 saturated carbocycles. The highest BCUT2D eigenvalue weighted by Gasteiger charge is 2.52. The molecule has 1 fully saturated rings. The van der Waals surface area contributed by atoms with E-state index in [-0.39, 0.29) is 19.1 Å². The fourth-order valence-corrected chi connectivity index (χ4v) is 2.57. The van der Waals surface area contributed by atoms with Crippen molar-refractivity contribution in [3.05, 3.63) is 0 Å². The van der Waals surface area contributed by atoms with E-state index < -0.39 is 54.6 Å². The Morgan fingerprint density at radius 3 is 1.81 bits per heavy atom. The molecule has 0 aromatic carbocycles. The van der Waals surface area contributed by atoms with Crippen LogP contribution in [0, 0.1) is 0 Å². The van der Waals surface area contributed by atoms with Gasteiger partial charge in [0.05, 0.1) is 6.61 Å². The van der Waals surface area contributed by atoms with Crippen LogP contribution in [0.2, 0.25) is 0 Å². The second kappa shape index (κ2) is 11.1. The molecule has 154 valence electrons. The van der Waals surface area contributed by atoms with Crippen molar-refractivity contribution in [1.29, 1.82) is 0 Å². The molecule has 1 aliphatic heterocycles. The minimum atomic E-state index is -1.25. The van der Waals surface area contributed by atoms with Crippen LogP contribution in [-0.4, -0.2) is 73.7 Å². The van der Waals surface area contributed by atoms with Crippen LogP contribution >= 0.6 is 11.6 Å². The van der Waals surface area contributed by atoms with Gasteiger partial charge in [0.1, 0.15) is 12.7 Å². The lowest BCUT2D eigenvalue weighted by Crippen LogP contribution is -2.63. The van der Waals surface area contributed by atoms with Crippen LogP contribution in [-0.2, 0) is 47.6 Å². The molecule has 5 atom stereocenters. The van der Waals surface area contributed by atoms with Crippen molar-refractivity contribution in [2.75, 3.05) is 19.1 Å². The van der Waals surface area contributed by atoms with E-state index in [4.69, 9.17) is 40.0 Å². The predicted octanol–water partition coefficient (Wildman–Crippen LogP) is 0.325. The summed E-state index contributed by atoms with van der Waals surface area (Å²) in [5, 5.41) is 0. The number of halogens is 1. The Labute approximate surface area is 161 Å². The van der Waals surface area contributed by atoms with E-state index in [1.807, 2.05) is 0 Å². The van der Waals surface area contributed by atoms with Crippen LogP contribution in [0.1, 0.15) is 27.7 Å². The summed E-state index contributed by atoms with van der Waals surface area (Å²) in [5.74, 6) is -2.58. The molecule has 0 spiro atoms. The first-order valence-corrected chi connectivity index (χ1v) is 8.67. The fraction of sp³-hybridized carbons (Fsp3) is 0.750. The molecule has 0 aromatic rings. The molecule has 1 aliphatic rings. The number of rotatable bonds is 8.